The van der Waals surface area contributed by atoms with E-state index in [0.29, 0.717) is 0 Å². The highest BCUT2D eigenvalue weighted by molar-refractivity contribution is 5.86. The number of carbonyl (C=O) groups excluding carboxylic acids is 1. The predicted octanol–water partition coefficient (Wildman–Crippen LogP) is 0.454. The Kier molecular flexibility index (Phi) is 2.66. The molecule has 15 heavy (non-hydrogen) atoms. The molecule has 82 valence electrons. The lowest BCUT2D eigenvalue weighted by Gasteiger charge is -2.41. The monoisotopic (exact) mass is 207 g/mol. The van der Waals surface area contributed by atoms with Crippen molar-refractivity contribution in [3.8, 4) is 6.07 Å². The van der Waals surface area contributed by atoms with Crippen molar-refractivity contribution in [3.63, 3.8) is 0 Å². The molecule has 4 heteroatoms. The van der Waals surface area contributed by atoms with Crippen molar-refractivity contribution in [2.24, 2.45) is 5.41 Å². The maximum Gasteiger partial charge on any atom is 0.243 e. The van der Waals surface area contributed by atoms with Gasteiger partial charge in [-0.1, -0.05) is 0 Å². The molecule has 0 aromatic carbocycles. The van der Waals surface area contributed by atoms with Crippen molar-refractivity contribution in [1.29, 1.82) is 5.26 Å². The van der Waals surface area contributed by atoms with Crippen molar-refractivity contribution < 1.29 is 4.79 Å². The Morgan fingerprint density at radius 1 is 1.27 bits per heavy atom. The molecule has 2 fully saturated rings. The number of piperazine rings is 1. The van der Waals surface area contributed by atoms with Crippen LogP contribution in [0.15, 0.2) is 0 Å². The molecule has 1 aliphatic carbocycles. The third kappa shape index (κ3) is 1.72. The normalized spacial score (nSPS) is 25.5. The second kappa shape index (κ2) is 3.82. The van der Waals surface area contributed by atoms with Crippen LogP contribution in [0.2, 0.25) is 0 Å². The largest absolute Gasteiger partial charge is 0.339 e. The summed E-state index contributed by atoms with van der Waals surface area (Å²) in [7, 11) is 2.06. The number of hydrogen-bond acceptors (Lipinski definition) is 3. The molecule has 1 amide bonds. The van der Waals surface area contributed by atoms with Crippen LogP contribution in [0.25, 0.3) is 0 Å². The highest BCUT2D eigenvalue weighted by Crippen LogP contribution is 2.41. The van der Waals surface area contributed by atoms with E-state index >= 15 is 0 Å². The van der Waals surface area contributed by atoms with Crippen molar-refractivity contribution in [3.05, 3.63) is 0 Å². The molecule has 0 unspecified atom stereocenters. The Bertz CT molecular complexity index is 295. The van der Waals surface area contributed by atoms with Gasteiger partial charge in [0.05, 0.1) is 6.07 Å². The fraction of sp³-hybridized carbons (Fsp3) is 0.818. The Morgan fingerprint density at radius 3 is 2.27 bits per heavy atom. The number of amides is 1. The molecule has 0 atom stereocenters. The van der Waals surface area contributed by atoms with Gasteiger partial charge in [-0.2, -0.15) is 5.26 Å². The van der Waals surface area contributed by atoms with Gasteiger partial charge in [-0.05, 0) is 26.3 Å². The quantitative estimate of drug-likeness (QED) is 0.627. The Labute approximate surface area is 90.5 Å². The van der Waals surface area contributed by atoms with E-state index in [4.69, 9.17) is 5.26 Å². The molecule has 0 N–H and O–H groups in total. The topological polar surface area (TPSA) is 47.3 Å². The third-order valence-corrected chi connectivity index (χ3v) is 3.62. The molecule has 0 radical (unpaired) electrons. The Balaban J connectivity index is 1.99. The standard InChI is InChI=1S/C11H17N3O/c1-13-5-7-14(8-6-13)10(15)11(9-12)3-2-4-11/h2-8H2,1H3. The predicted molar refractivity (Wildman–Crippen MR) is 56.0 cm³/mol. The average molecular weight is 207 g/mol. The first-order chi connectivity index (χ1) is 7.18. The molecule has 0 aromatic rings. The van der Waals surface area contributed by atoms with Gasteiger partial charge in [0.25, 0.3) is 0 Å². The van der Waals surface area contributed by atoms with E-state index < -0.39 is 5.41 Å². The summed E-state index contributed by atoms with van der Waals surface area (Å²) < 4.78 is 0. The van der Waals surface area contributed by atoms with Crippen LogP contribution in [-0.4, -0.2) is 48.9 Å². The smallest absolute Gasteiger partial charge is 0.243 e. The van der Waals surface area contributed by atoms with Gasteiger partial charge in [0, 0.05) is 26.2 Å². The van der Waals surface area contributed by atoms with Crippen molar-refractivity contribution in [1.82, 2.24) is 9.80 Å². The van der Waals surface area contributed by atoms with Crippen LogP contribution in [-0.2, 0) is 4.79 Å². The Hall–Kier alpha value is -1.08. The number of hydrogen-bond donors (Lipinski definition) is 0. The van der Waals surface area contributed by atoms with E-state index in [0.717, 1.165) is 45.4 Å². The molecule has 4 nitrogen and oxygen atoms in total. The van der Waals surface area contributed by atoms with Crippen molar-refractivity contribution in [2.75, 3.05) is 33.2 Å². The second-order valence-electron chi connectivity index (χ2n) is 4.64. The average Bonchev–Trinajstić information content (AvgIpc) is 2.18. The van der Waals surface area contributed by atoms with E-state index in [9.17, 15) is 4.79 Å². The van der Waals surface area contributed by atoms with Crippen LogP contribution in [0.3, 0.4) is 0 Å². The van der Waals surface area contributed by atoms with Gasteiger partial charge in [0.2, 0.25) is 5.91 Å². The zero-order chi connectivity index (χ0) is 10.9. The fourth-order valence-electron chi connectivity index (χ4n) is 2.22. The number of nitrogens with zero attached hydrogens (tertiary/aromatic N) is 3. The molecule has 1 saturated heterocycles. The van der Waals surface area contributed by atoms with E-state index in [1.165, 1.54) is 0 Å². The minimum Gasteiger partial charge on any atom is -0.339 e. The third-order valence-electron chi connectivity index (χ3n) is 3.62. The maximum absolute atomic E-state index is 12.1. The molecule has 1 aliphatic heterocycles. The van der Waals surface area contributed by atoms with E-state index in [-0.39, 0.29) is 5.91 Å². The second-order valence-corrected chi connectivity index (χ2v) is 4.64. The van der Waals surface area contributed by atoms with Gasteiger partial charge in [0.1, 0.15) is 5.41 Å². The first-order valence-electron chi connectivity index (χ1n) is 5.57. The summed E-state index contributed by atoms with van der Waals surface area (Å²) in [6.07, 6.45) is 2.54. The lowest BCUT2D eigenvalue weighted by atomic mass is 9.69. The summed E-state index contributed by atoms with van der Waals surface area (Å²) in [6.45, 7) is 3.40. The SMILES string of the molecule is CN1CCN(C(=O)C2(C#N)CCC2)CC1. The van der Waals surface area contributed by atoms with Crippen LogP contribution < -0.4 is 0 Å². The van der Waals surface area contributed by atoms with Crippen LogP contribution >= 0.6 is 0 Å². The van der Waals surface area contributed by atoms with Crippen LogP contribution in [0.4, 0.5) is 0 Å². The molecule has 0 aromatic heterocycles. The summed E-state index contributed by atoms with van der Waals surface area (Å²) in [6, 6.07) is 2.22. The van der Waals surface area contributed by atoms with Crippen LogP contribution in [0, 0.1) is 16.7 Å². The fourth-order valence-corrected chi connectivity index (χ4v) is 2.22. The minimum absolute atomic E-state index is 0.0735. The molecule has 1 saturated carbocycles. The summed E-state index contributed by atoms with van der Waals surface area (Å²) >= 11 is 0. The molecule has 0 bridgehead atoms. The number of carbonyl (C=O) groups is 1. The Morgan fingerprint density at radius 2 is 1.87 bits per heavy atom. The van der Waals surface area contributed by atoms with Crippen LogP contribution in [0.5, 0.6) is 0 Å². The van der Waals surface area contributed by atoms with Gasteiger partial charge in [-0.15, -0.1) is 0 Å². The maximum atomic E-state index is 12.1. The van der Waals surface area contributed by atoms with E-state index in [2.05, 4.69) is 18.0 Å². The minimum atomic E-state index is -0.657. The summed E-state index contributed by atoms with van der Waals surface area (Å²) in [4.78, 5) is 16.2. The molecular formula is C11H17N3O. The summed E-state index contributed by atoms with van der Waals surface area (Å²) in [5, 5.41) is 9.08. The number of rotatable bonds is 1. The molecule has 0 spiro atoms. The molecule has 2 aliphatic rings. The highest BCUT2D eigenvalue weighted by atomic mass is 16.2. The van der Waals surface area contributed by atoms with Gasteiger partial charge in [-0.3, -0.25) is 4.79 Å². The highest BCUT2D eigenvalue weighted by Gasteiger charge is 2.47. The first kappa shape index (κ1) is 10.4. The van der Waals surface area contributed by atoms with Crippen LogP contribution in [0.1, 0.15) is 19.3 Å². The van der Waals surface area contributed by atoms with E-state index in [1.54, 1.807) is 0 Å². The zero-order valence-corrected chi connectivity index (χ0v) is 9.20. The lowest BCUT2D eigenvalue weighted by Crippen LogP contribution is -2.53. The number of likely N-dealkylation sites (N-methyl/N-ethyl adjacent to an activating group) is 1. The summed E-state index contributed by atoms with van der Waals surface area (Å²) in [5.74, 6) is 0.0735. The molecule has 2 rings (SSSR count). The van der Waals surface area contributed by atoms with Gasteiger partial charge in [-0.25, -0.2) is 0 Å². The molecular weight excluding hydrogens is 190 g/mol. The van der Waals surface area contributed by atoms with Crippen molar-refractivity contribution in [2.45, 2.75) is 19.3 Å². The van der Waals surface area contributed by atoms with Gasteiger partial charge in [0.15, 0.2) is 0 Å². The summed E-state index contributed by atoms with van der Waals surface area (Å²) in [5.41, 5.74) is -0.657. The van der Waals surface area contributed by atoms with Gasteiger partial charge >= 0.3 is 0 Å². The van der Waals surface area contributed by atoms with E-state index in [1.807, 2.05) is 4.90 Å². The first-order valence-corrected chi connectivity index (χ1v) is 5.57. The van der Waals surface area contributed by atoms with Crippen molar-refractivity contribution >= 4 is 5.91 Å². The zero-order valence-electron chi connectivity index (χ0n) is 9.20. The number of nitriles is 1. The lowest BCUT2D eigenvalue weighted by molar-refractivity contribution is -0.144. The molecule has 1 heterocycles. The van der Waals surface area contributed by atoms with Gasteiger partial charge < -0.3 is 9.80 Å².